The molecule has 5 heteroatoms. The highest BCUT2D eigenvalue weighted by molar-refractivity contribution is 5.67. The lowest BCUT2D eigenvalue weighted by atomic mass is 10.2. The predicted octanol–water partition coefficient (Wildman–Crippen LogP) is 0.981. The third-order valence-electron chi connectivity index (χ3n) is 2.49. The molecule has 1 saturated carbocycles. The molecule has 0 aromatic carbocycles. The largest absolute Gasteiger partial charge is 0.444 e. The molecule has 4 N–H and O–H groups in total. The van der Waals surface area contributed by atoms with E-state index in [9.17, 15) is 4.79 Å². The second kappa shape index (κ2) is 6.21. The van der Waals surface area contributed by atoms with Crippen molar-refractivity contribution in [2.24, 2.45) is 5.73 Å². The van der Waals surface area contributed by atoms with Crippen LogP contribution >= 0.6 is 0 Å². The summed E-state index contributed by atoms with van der Waals surface area (Å²) in [5, 5.41) is 6.19. The second-order valence-electron chi connectivity index (χ2n) is 5.59. The average molecular weight is 243 g/mol. The molecule has 1 rings (SSSR count). The molecule has 1 fully saturated rings. The Balaban J connectivity index is 2.10. The first-order valence-electron chi connectivity index (χ1n) is 6.33. The van der Waals surface area contributed by atoms with Gasteiger partial charge in [0.2, 0.25) is 0 Å². The summed E-state index contributed by atoms with van der Waals surface area (Å²) in [4.78, 5) is 11.4. The fraction of sp³-hybridized carbons (Fsp3) is 0.917. The van der Waals surface area contributed by atoms with Crippen LogP contribution in [0, 0.1) is 0 Å². The minimum absolute atomic E-state index is 0.289. The SMILES string of the molecule is CC(C)(C)OC(=O)NCCC(CN)NC1CC1. The lowest BCUT2D eigenvalue weighted by molar-refractivity contribution is 0.0526. The number of nitrogens with two attached hydrogens (primary N) is 1. The molecule has 0 heterocycles. The summed E-state index contributed by atoms with van der Waals surface area (Å²) in [5.74, 6) is 0. The monoisotopic (exact) mass is 243 g/mol. The molecule has 0 saturated heterocycles. The number of carbonyl (C=O) groups excluding carboxylic acids is 1. The van der Waals surface area contributed by atoms with Gasteiger partial charge in [0, 0.05) is 25.2 Å². The zero-order valence-corrected chi connectivity index (χ0v) is 11.1. The van der Waals surface area contributed by atoms with E-state index in [1.165, 1.54) is 12.8 Å². The number of alkyl carbamates (subject to hydrolysis) is 1. The van der Waals surface area contributed by atoms with Gasteiger partial charge in [-0.1, -0.05) is 0 Å². The van der Waals surface area contributed by atoms with E-state index in [1.807, 2.05) is 20.8 Å². The lowest BCUT2D eigenvalue weighted by Gasteiger charge is -2.21. The highest BCUT2D eigenvalue weighted by Crippen LogP contribution is 2.19. The third kappa shape index (κ3) is 7.18. The summed E-state index contributed by atoms with van der Waals surface area (Å²) in [6, 6.07) is 0.933. The summed E-state index contributed by atoms with van der Waals surface area (Å²) >= 11 is 0. The van der Waals surface area contributed by atoms with Gasteiger partial charge in [0.25, 0.3) is 0 Å². The number of rotatable bonds is 6. The van der Waals surface area contributed by atoms with Crippen LogP contribution in [0.3, 0.4) is 0 Å². The highest BCUT2D eigenvalue weighted by Gasteiger charge is 2.24. The first-order valence-corrected chi connectivity index (χ1v) is 6.33. The van der Waals surface area contributed by atoms with E-state index in [0.717, 1.165) is 6.42 Å². The van der Waals surface area contributed by atoms with Crippen LogP contribution in [0.25, 0.3) is 0 Å². The number of hydrogen-bond donors (Lipinski definition) is 3. The van der Waals surface area contributed by atoms with E-state index in [4.69, 9.17) is 10.5 Å². The van der Waals surface area contributed by atoms with Gasteiger partial charge in [-0.3, -0.25) is 0 Å². The summed E-state index contributed by atoms with van der Waals surface area (Å²) in [6.45, 7) is 6.75. The molecule has 100 valence electrons. The summed E-state index contributed by atoms with van der Waals surface area (Å²) in [6.07, 6.45) is 2.97. The van der Waals surface area contributed by atoms with Crippen molar-refractivity contribution < 1.29 is 9.53 Å². The van der Waals surface area contributed by atoms with Crippen molar-refractivity contribution in [2.45, 2.75) is 57.7 Å². The van der Waals surface area contributed by atoms with Gasteiger partial charge in [0.1, 0.15) is 5.60 Å². The summed E-state index contributed by atoms with van der Waals surface area (Å²) < 4.78 is 5.14. The third-order valence-corrected chi connectivity index (χ3v) is 2.49. The number of nitrogens with one attached hydrogen (secondary N) is 2. The minimum atomic E-state index is -0.441. The number of ether oxygens (including phenoxy) is 1. The van der Waals surface area contributed by atoms with Crippen LogP contribution in [0.5, 0.6) is 0 Å². The van der Waals surface area contributed by atoms with Crippen LogP contribution in [0.4, 0.5) is 4.79 Å². The molecular weight excluding hydrogens is 218 g/mol. The quantitative estimate of drug-likeness (QED) is 0.650. The predicted molar refractivity (Wildman–Crippen MR) is 67.9 cm³/mol. The van der Waals surface area contributed by atoms with Crippen molar-refractivity contribution in [2.75, 3.05) is 13.1 Å². The molecular formula is C12H25N3O2. The van der Waals surface area contributed by atoms with Crippen molar-refractivity contribution in [1.29, 1.82) is 0 Å². The average Bonchev–Trinajstić information content (AvgIpc) is 2.97. The Hall–Kier alpha value is -0.810. The first-order chi connectivity index (χ1) is 7.90. The van der Waals surface area contributed by atoms with Crippen molar-refractivity contribution in [3.63, 3.8) is 0 Å². The Labute approximate surface area is 103 Å². The minimum Gasteiger partial charge on any atom is -0.444 e. The topological polar surface area (TPSA) is 76.4 Å². The van der Waals surface area contributed by atoms with Crippen LogP contribution in [0.1, 0.15) is 40.0 Å². The van der Waals surface area contributed by atoms with Crippen molar-refractivity contribution in [3.05, 3.63) is 0 Å². The van der Waals surface area contributed by atoms with Gasteiger partial charge in [0.05, 0.1) is 0 Å². The van der Waals surface area contributed by atoms with Crippen LogP contribution in [-0.2, 0) is 4.74 Å². The van der Waals surface area contributed by atoms with E-state index in [2.05, 4.69) is 10.6 Å². The van der Waals surface area contributed by atoms with Crippen LogP contribution in [0.15, 0.2) is 0 Å². The standard InChI is InChI=1S/C12H25N3O2/c1-12(2,3)17-11(16)14-7-6-10(8-13)15-9-4-5-9/h9-10,15H,4-8,13H2,1-3H3,(H,14,16). The molecule has 5 nitrogen and oxygen atoms in total. The molecule has 0 radical (unpaired) electrons. The van der Waals surface area contributed by atoms with E-state index < -0.39 is 5.60 Å². The molecule has 1 atom stereocenters. The Kier molecular flexibility index (Phi) is 5.21. The van der Waals surface area contributed by atoms with Crippen LogP contribution in [-0.4, -0.2) is 36.9 Å². The Morgan fingerprint density at radius 1 is 1.47 bits per heavy atom. The number of carbonyl (C=O) groups is 1. The van der Waals surface area contributed by atoms with Gasteiger partial charge in [0.15, 0.2) is 0 Å². The van der Waals surface area contributed by atoms with Crippen LogP contribution < -0.4 is 16.4 Å². The summed E-state index contributed by atoms with van der Waals surface area (Å²) in [5.41, 5.74) is 5.22. The molecule has 0 spiro atoms. The molecule has 0 bridgehead atoms. The molecule has 0 aromatic rings. The fourth-order valence-corrected chi connectivity index (χ4v) is 1.52. The van der Waals surface area contributed by atoms with Crippen molar-refractivity contribution in [3.8, 4) is 0 Å². The van der Waals surface area contributed by atoms with Crippen molar-refractivity contribution >= 4 is 6.09 Å². The second-order valence-corrected chi connectivity index (χ2v) is 5.59. The molecule has 1 amide bonds. The summed E-state index contributed by atoms with van der Waals surface area (Å²) in [7, 11) is 0. The zero-order chi connectivity index (χ0) is 12.9. The van der Waals surface area contributed by atoms with Gasteiger partial charge in [-0.05, 0) is 40.0 Å². The van der Waals surface area contributed by atoms with Gasteiger partial charge in [-0.15, -0.1) is 0 Å². The molecule has 1 aliphatic rings. The maximum absolute atomic E-state index is 11.4. The Bertz CT molecular complexity index is 247. The Morgan fingerprint density at radius 2 is 2.12 bits per heavy atom. The van der Waals surface area contributed by atoms with E-state index in [1.54, 1.807) is 0 Å². The normalized spacial score (nSPS) is 17.6. The van der Waals surface area contributed by atoms with E-state index in [0.29, 0.717) is 19.1 Å². The first kappa shape index (κ1) is 14.3. The number of amides is 1. The molecule has 1 unspecified atom stereocenters. The van der Waals surface area contributed by atoms with Crippen LogP contribution in [0.2, 0.25) is 0 Å². The molecule has 1 aliphatic carbocycles. The van der Waals surface area contributed by atoms with E-state index >= 15 is 0 Å². The zero-order valence-electron chi connectivity index (χ0n) is 11.1. The van der Waals surface area contributed by atoms with Gasteiger partial charge in [-0.2, -0.15) is 0 Å². The molecule has 0 aliphatic heterocycles. The van der Waals surface area contributed by atoms with Gasteiger partial charge in [-0.25, -0.2) is 4.79 Å². The highest BCUT2D eigenvalue weighted by atomic mass is 16.6. The van der Waals surface area contributed by atoms with E-state index in [-0.39, 0.29) is 12.1 Å². The number of hydrogen-bond acceptors (Lipinski definition) is 4. The fourth-order valence-electron chi connectivity index (χ4n) is 1.52. The molecule has 0 aromatic heterocycles. The maximum Gasteiger partial charge on any atom is 0.407 e. The van der Waals surface area contributed by atoms with Crippen molar-refractivity contribution in [1.82, 2.24) is 10.6 Å². The lowest BCUT2D eigenvalue weighted by Crippen LogP contribution is -2.41. The maximum atomic E-state index is 11.4. The smallest absolute Gasteiger partial charge is 0.407 e. The molecule has 17 heavy (non-hydrogen) atoms. The van der Waals surface area contributed by atoms with Gasteiger partial charge < -0.3 is 21.1 Å². The Morgan fingerprint density at radius 3 is 2.59 bits per heavy atom. The van der Waals surface area contributed by atoms with Gasteiger partial charge >= 0.3 is 6.09 Å².